The second kappa shape index (κ2) is 9.11. The van der Waals surface area contributed by atoms with Gasteiger partial charge in [0.05, 0.1) is 5.56 Å². The molecule has 1 aromatic carbocycles. The molecule has 20 heavy (non-hydrogen) atoms. The van der Waals surface area contributed by atoms with Crippen LogP contribution in [0.3, 0.4) is 0 Å². The molecular weight excluding hydrogens is 257 g/mol. The van der Waals surface area contributed by atoms with Gasteiger partial charge in [-0.2, -0.15) is 0 Å². The zero-order valence-corrected chi connectivity index (χ0v) is 11.7. The highest BCUT2D eigenvalue weighted by Gasteiger charge is 2.10. The van der Waals surface area contributed by atoms with Gasteiger partial charge in [0.25, 0.3) is 5.91 Å². The van der Waals surface area contributed by atoms with Crippen LogP contribution in [0.25, 0.3) is 0 Å². The summed E-state index contributed by atoms with van der Waals surface area (Å²) in [6.45, 7) is 2.40. The van der Waals surface area contributed by atoms with Crippen molar-refractivity contribution in [3.05, 3.63) is 35.1 Å². The summed E-state index contributed by atoms with van der Waals surface area (Å²) in [5, 5.41) is 11.5. The van der Waals surface area contributed by atoms with Crippen molar-refractivity contribution in [2.75, 3.05) is 13.2 Å². The summed E-state index contributed by atoms with van der Waals surface area (Å²) in [5.41, 5.74) is 0.632. The minimum absolute atomic E-state index is 0.260. The molecule has 4 heteroatoms. The maximum absolute atomic E-state index is 13.2. The van der Waals surface area contributed by atoms with Gasteiger partial charge in [-0.3, -0.25) is 4.79 Å². The zero-order valence-electron chi connectivity index (χ0n) is 11.7. The van der Waals surface area contributed by atoms with E-state index in [1.54, 1.807) is 0 Å². The fraction of sp³-hybridized carbons (Fsp3) is 0.438. The van der Waals surface area contributed by atoms with Gasteiger partial charge in [0.15, 0.2) is 0 Å². The van der Waals surface area contributed by atoms with Crippen LogP contribution in [0.2, 0.25) is 0 Å². The fourth-order valence-electron chi connectivity index (χ4n) is 1.80. The number of amides is 1. The molecule has 0 aliphatic rings. The minimum atomic E-state index is -0.452. The van der Waals surface area contributed by atoms with Crippen molar-refractivity contribution >= 4 is 5.91 Å². The Bertz CT molecular complexity index is 503. The summed E-state index contributed by atoms with van der Waals surface area (Å²) < 4.78 is 13.2. The van der Waals surface area contributed by atoms with Crippen molar-refractivity contribution in [3.8, 4) is 11.8 Å². The Balaban J connectivity index is 2.67. The van der Waals surface area contributed by atoms with Gasteiger partial charge >= 0.3 is 0 Å². The average Bonchev–Trinajstić information content (AvgIpc) is 2.44. The summed E-state index contributed by atoms with van der Waals surface area (Å²) >= 11 is 0. The molecule has 0 aliphatic carbocycles. The van der Waals surface area contributed by atoms with Crippen LogP contribution in [0, 0.1) is 17.7 Å². The van der Waals surface area contributed by atoms with Crippen LogP contribution in [-0.2, 0) is 0 Å². The number of aliphatic hydroxyl groups is 1. The SMILES string of the molecule is CCCCCCNC(=O)c1ccc(F)cc1C#CCO. The molecule has 0 fully saturated rings. The van der Waals surface area contributed by atoms with Gasteiger partial charge in [-0.25, -0.2) is 4.39 Å². The van der Waals surface area contributed by atoms with Crippen LogP contribution in [0.5, 0.6) is 0 Å². The molecule has 0 saturated heterocycles. The first kappa shape index (κ1) is 16.2. The highest BCUT2D eigenvalue weighted by Crippen LogP contribution is 2.10. The van der Waals surface area contributed by atoms with E-state index < -0.39 is 5.82 Å². The second-order valence-corrected chi connectivity index (χ2v) is 4.47. The summed E-state index contributed by atoms with van der Waals surface area (Å²) in [4.78, 5) is 12.0. The minimum Gasteiger partial charge on any atom is -0.384 e. The molecule has 0 atom stereocenters. The molecule has 0 saturated carbocycles. The smallest absolute Gasteiger partial charge is 0.252 e. The van der Waals surface area contributed by atoms with Gasteiger partial charge in [-0.1, -0.05) is 38.0 Å². The fourth-order valence-corrected chi connectivity index (χ4v) is 1.80. The monoisotopic (exact) mass is 277 g/mol. The Morgan fingerprint density at radius 3 is 2.85 bits per heavy atom. The summed E-state index contributed by atoms with van der Waals surface area (Å²) in [6.07, 6.45) is 4.31. The van der Waals surface area contributed by atoms with E-state index in [1.807, 2.05) is 0 Å². The molecule has 0 aliphatic heterocycles. The number of carbonyl (C=O) groups is 1. The van der Waals surface area contributed by atoms with Crippen molar-refractivity contribution < 1.29 is 14.3 Å². The maximum atomic E-state index is 13.2. The first-order valence-electron chi connectivity index (χ1n) is 6.86. The number of rotatable bonds is 6. The molecule has 0 radical (unpaired) electrons. The molecule has 3 nitrogen and oxygen atoms in total. The first-order chi connectivity index (χ1) is 9.69. The molecule has 0 unspecified atom stereocenters. The predicted octanol–water partition coefficient (Wildman–Crippen LogP) is 2.48. The highest BCUT2D eigenvalue weighted by molar-refractivity contribution is 5.96. The van der Waals surface area contributed by atoms with Gasteiger partial charge in [0.1, 0.15) is 12.4 Å². The third kappa shape index (κ3) is 5.41. The van der Waals surface area contributed by atoms with Crippen molar-refractivity contribution in [3.63, 3.8) is 0 Å². The van der Waals surface area contributed by atoms with Crippen molar-refractivity contribution in [2.24, 2.45) is 0 Å². The molecule has 1 amide bonds. The molecule has 0 heterocycles. The van der Waals surface area contributed by atoms with Crippen molar-refractivity contribution in [2.45, 2.75) is 32.6 Å². The lowest BCUT2D eigenvalue weighted by atomic mass is 10.1. The Morgan fingerprint density at radius 1 is 1.35 bits per heavy atom. The van der Waals surface area contributed by atoms with Crippen molar-refractivity contribution in [1.29, 1.82) is 0 Å². The van der Waals surface area contributed by atoms with Crippen LogP contribution < -0.4 is 5.32 Å². The number of aliphatic hydroxyl groups excluding tert-OH is 1. The number of hydrogen-bond acceptors (Lipinski definition) is 2. The maximum Gasteiger partial charge on any atom is 0.252 e. The largest absolute Gasteiger partial charge is 0.384 e. The lowest BCUT2D eigenvalue weighted by Crippen LogP contribution is -2.25. The van der Waals surface area contributed by atoms with Gasteiger partial charge in [-0.05, 0) is 24.6 Å². The van der Waals surface area contributed by atoms with Crippen LogP contribution in [-0.4, -0.2) is 24.2 Å². The third-order valence-electron chi connectivity index (χ3n) is 2.84. The number of halogens is 1. The van der Waals surface area contributed by atoms with E-state index >= 15 is 0 Å². The Hall–Kier alpha value is -1.86. The van der Waals surface area contributed by atoms with Crippen LogP contribution in [0.15, 0.2) is 18.2 Å². The summed E-state index contributed by atoms with van der Waals surface area (Å²) in [6, 6.07) is 3.85. The van der Waals surface area contributed by atoms with Crippen LogP contribution in [0.1, 0.15) is 48.5 Å². The molecule has 1 rings (SSSR count). The normalized spacial score (nSPS) is 9.75. The predicted molar refractivity (Wildman–Crippen MR) is 76.8 cm³/mol. The number of nitrogens with one attached hydrogen (secondary N) is 1. The summed E-state index contributed by atoms with van der Waals surface area (Å²) in [7, 11) is 0. The van der Waals surface area contributed by atoms with Gasteiger partial charge < -0.3 is 10.4 Å². The third-order valence-corrected chi connectivity index (χ3v) is 2.84. The van der Waals surface area contributed by atoms with Crippen LogP contribution in [0.4, 0.5) is 4.39 Å². The van der Waals surface area contributed by atoms with E-state index in [0.29, 0.717) is 17.7 Å². The molecule has 108 valence electrons. The Morgan fingerprint density at radius 2 is 2.15 bits per heavy atom. The number of hydrogen-bond donors (Lipinski definition) is 2. The average molecular weight is 277 g/mol. The van der Waals surface area contributed by atoms with E-state index in [-0.39, 0.29) is 12.5 Å². The topological polar surface area (TPSA) is 49.3 Å². The molecular formula is C16H20FNO2. The zero-order chi connectivity index (χ0) is 14.8. The molecule has 2 N–H and O–H groups in total. The Kier molecular flexibility index (Phi) is 7.38. The quantitative estimate of drug-likeness (QED) is 0.620. The lowest BCUT2D eigenvalue weighted by molar-refractivity contribution is 0.0952. The lowest BCUT2D eigenvalue weighted by Gasteiger charge is -2.07. The number of unbranched alkanes of at least 4 members (excludes halogenated alkanes) is 3. The second-order valence-electron chi connectivity index (χ2n) is 4.47. The van der Waals surface area contributed by atoms with Gasteiger partial charge in [-0.15, -0.1) is 0 Å². The molecule has 0 bridgehead atoms. The molecule has 1 aromatic rings. The van der Waals surface area contributed by atoms with E-state index in [2.05, 4.69) is 24.1 Å². The Labute approximate surface area is 119 Å². The van der Waals surface area contributed by atoms with Crippen LogP contribution >= 0.6 is 0 Å². The molecule has 0 spiro atoms. The van der Waals surface area contributed by atoms with Gasteiger partial charge in [0, 0.05) is 12.1 Å². The summed E-state index contributed by atoms with van der Waals surface area (Å²) in [5.74, 6) is 4.31. The van der Waals surface area contributed by atoms with E-state index in [1.165, 1.54) is 18.2 Å². The first-order valence-corrected chi connectivity index (χ1v) is 6.86. The standard InChI is InChI=1S/C16H20FNO2/c1-2-3-4-5-10-18-16(20)15-9-8-14(17)12-13(15)7-6-11-19/h8-9,12,19H,2-5,10-11H2,1H3,(H,18,20). The number of benzene rings is 1. The van der Waals surface area contributed by atoms with Crippen molar-refractivity contribution in [1.82, 2.24) is 5.32 Å². The van der Waals surface area contributed by atoms with E-state index in [4.69, 9.17) is 5.11 Å². The van der Waals surface area contributed by atoms with Gasteiger partial charge in [0.2, 0.25) is 0 Å². The number of carbonyl (C=O) groups excluding carboxylic acids is 1. The molecule has 0 aromatic heterocycles. The van der Waals surface area contributed by atoms with E-state index in [0.717, 1.165) is 25.7 Å². The highest BCUT2D eigenvalue weighted by atomic mass is 19.1. The van der Waals surface area contributed by atoms with E-state index in [9.17, 15) is 9.18 Å².